The zero-order valence-electron chi connectivity index (χ0n) is 7.81. The Morgan fingerprint density at radius 2 is 2.14 bits per heavy atom. The number of fused-ring (bicyclic) bond motifs is 1. The lowest BCUT2D eigenvalue weighted by Crippen LogP contribution is -1.87. The first-order valence-corrected chi connectivity index (χ1v) is 7.30. The van der Waals surface area contributed by atoms with E-state index in [1.807, 2.05) is 11.3 Å². The molecule has 0 saturated heterocycles. The van der Waals surface area contributed by atoms with E-state index < -0.39 is 0 Å². The van der Waals surface area contributed by atoms with Crippen LogP contribution in [0.15, 0.2) is 22.0 Å². The molecule has 0 atom stereocenters. The van der Waals surface area contributed by atoms with Gasteiger partial charge in [0.05, 0.1) is 0 Å². The number of benzene rings is 1. The van der Waals surface area contributed by atoms with Gasteiger partial charge in [-0.15, -0.1) is 11.3 Å². The zero-order chi connectivity index (χ0) is 10.1. The number of thiophene rings is 1. The summed E-state index contributed by atoms with van der Waals surface area (Å²) in [6.45, 7) is 2.19. The Kier molecular flexibility index (Phi) is 3.30. The third kappa shape index (κ3) is 1.66. The SMILES string of the molecule is CCc1cc(CBr)c2sccc2c1Br. The molecule has 0 unspecified atom stereocenters. The molecule has 1 aromatic carbocycles. The van der Waals surface area contributed by atoms with Gasteiger partial charge >= 0.3 is 0 Å². The predicted octanol–water partition coefficient (Wildman–Crippen LogP) is 5.12. The summed E-state index contributed by atoms with van der Waals surface area (Å²) in [7, 11) is 0. The third-order valence-electron chi connectivity index (χ3n) is 2.35. The Morgan fingerprint density at radius 3 is 2.79 bits per heavy atom. The average Bonchev–Trinajstić information content (AvgIpc) is 2.68. The highest BCUT2D eigenvalue weighted by molar-refractivity contribution is 9.10. The fourth-order valence-corrected chi connectivity index (χ4v) is 4.00. The van der Waals surface area contributed by atoms with E-state index in [9.17, 15) is 0 Å². The summed E-state index contributed by atoms with van der Waals surface area (Å²) >= 11 is 9.03. The Balaban J connectivity index is 2.80. The topological polar surface area (TPSA) is 0 Å². The van der Waals surface area contributed by atoms with Crippen molar-refractivity contribution in [1.82, 2.24) is 0 Å². The molecular weight excluding hydrogens is 324 g/mol. The number of hydrogen-bond donors (Lipinski definition) is 0. The van der Waals surface area contributed by atoms with Gasteiger partial charge in [-0.25, -0.2) is 0 Å². The summed E-state index contributed by atoms with van der Waals surface area (Å²) in [6, 6.07) is 4.48. The van der Waals surface area contributed by atoms with E-state index in [0.717, 1.165) is 11.8 Å². The minimum absolute atomic E-state index is 0.935. The van der Waals surface area contributed by atoms with Crippen molar-refractivity contribution >= 4 is 53.3 Å². The van der Waals surface area contributed by atoms with Crippen molar-refractivity contribution in [3.8, 4) is 0 Å². The van der Waals surface area contributed by atoms with Crippen molar-refractivity contribution in [1.29, 1.82) is 0 Å². The van der Waals surface area contributed by atoms with E-state index in [4.69, 9.17) is 0 Å². The van der Waals surface area contributed by atoms with Crippen molar-refractivity contribution in [2.45, 2.75) is 18.7 Å². The van der Waals surface area contributed by atoms with Crippen LogP contribution in [0, 0.1) is 0 Å². The summed E-state index contributed by atoms with van der Waals surface area (Å²) in [5.74, 6) is 0. The maximum Gasteiger partial charge on any atom is 0.0394 e. The van der Waals surface area contributed by atoms with Crippen molar-refractivity contribution in [3.05, 3.63) is 33.1 Å². The molecule has 74 valence electrons. The lowest BCUT2D eigenvalue weighted by molar-refractivity contribution is 1.13. The molecule has 0 bridgehead atoms. The van der Waals surface area contributed by atoms with E-state index in [0.29, 0.717) is 0 Å². The molecule has 0 spiro atoms. The number of aryl methyl sites for hydroxylation is 1. The summed E-state index contributed by atoms with van der Waals surface area (Å²) in [5.41, 5.74) is 2.79. The van der Waals surface area contributed by atoms with E-state index in [2.05, 4.69) is 56.3 Å². The normalized spacial score (nSPS) is 11.1. The largest absolute Gasteiger partial charge is 0.143 e. The lowest BCUT2D eigenvalue weighted by Gasteiger charge is -2.06. The number of rotatable bonds is 2. The van der Waals surface area contributed by atoms with Gasteiger partial charge < -0.3 is 0 Å². The van der Waals surface area contributed by atoms with Crippen LogP contribution in [0.2, 0.25) is 0 Å². The Morgan fingerprint density at radius 1 is 1.36 bits per heavy atom. The second-order valence-electron chi connectivity index (χ2n) is 3.16. The number of hydrogen-bond acceptors (Lipinski definition) is 1. The first-order valence-electron chi connectivity index (χ1n) is 4.51. The molecule has 0 fully saturated rings. The van der Waals surface area contributed by atoms with Crippen LogP contribution in [-0.4, -0.2) is 0 Å². The lowest BCUT2D eigenvalue weighted by atomic mass is 10.1. The van der Waals surface area contributed by atoms with E-state index in [1.165, 1.54) is 25.7 Å². The summed E-state index contributed by atoms with van der Waals surface area (Å²) in [6.07, 6.45) is 1.08. The molecule has 0 aliphatic heterocycles. The molecule has 0 aliphatic rings. The van der Waals surface area contributed by atoms with Crippen molar-refractivity contribution in [3.63, 3.8) is 0 Å². The van der Waals surface area contributed by atoms with Crippen molar-refractivity contribution in [2.75, 3.05) is 0 Å². The molecule has 2 rings (SSSR count). The molecule has 0 nitrogen and oxygen atoms in total. The standard InChI is InChI=1S/C11H10Br2S/c1-2-7-5-8(6-12)11-9(10(7)13)3-4-14-11/h3-5H,2,6H2,1H3. The fourth-order valence-electron chi connectivity index (χ4n) is 1.60. The van der Waals surface area contributed by atoms with Gasteiger partial charge in [-0.3, -0.25) is 0 Å². The molecule has 3 heteroatoms. The van der Waals surface area contributed by atoms with E-state index in [-0.39, 0.29) is 0 Å². The van der Waals surface area contributed by atoms with Gasteiger partial charge in [-0.05, 0) is 44.9 Å². The minimum atomic E-state index is 0.935. The second kappa shape index (κ2) is 4.33. The number of halogens is 2. The molecule has 0 N–H and O–H groups in total. The third-order valence-corrected chi connectivity index (χ3v) is 4.88. The van der Waals surface area contributed by atoms with Crippen LogP contribution in [0.25, 0.3) is 10.1 Å². The Hall–Kier alpha value is 0.140. The van der Waals surface area contributed by atoms with Gasteiger partial charge in [-0.1, -0.05) is 28.9 Å². The Bertz CT molecular complexity index is 460. The van der Waals surface area contributed by atoms with Crippen molar-refractivity contribution in [2.24, 2.45) is 0 Å². The van der Waals surface area contributed by atoms with Gasteiger partial charge in [0, 0.05) is 19.9 Å². The van der Waals surface area contributed by atoms with Crippen LogP contribution in [0.5, 0.6) is 0 Å². The summed E-state index contributed by atoms with van der Waals surface area (Å²) in [5, 5.41) is 4.44. The average molecular weight is 334 g/mol. The van der Waals surface area contributed by atoms with Gasteiger partial charge in [0.1, 0.15) is 0 Å². The molecule has 0 amide bonds. The van der Waals surface area contributed by atoms with E-state index in [1.54, 1.807) is 0 Å². The molecule has 1 aromatic heterocycles. The fraction of sp³-hybridized carbons (Fsp3) is 0.273. The highest BCUT2D eigenvalue weighted by Crippen LogP contribution is 2.35. The highest BCUT2D eigenvalue weighted by Gasteiger charge is 2.09. The van der Waals surface area contributed by atoms with Gasteiger partial charge in [-0.2, -0.15) is 0 Å². The van der Waals surface area contributed by atoms with E-state index >= 15 is 0 Å². The molecule has 0 aliphatic carbocycles. The molecule has 14 heavy (non-hydrogen) atoms. The smallest absolute Gasteiger partial charge is 0.0394 e. The Labute approximate surface area is 105 Å². The monoisotopic (exact) mass is 332 g/mol. The van der Waals surface area contributed by atoms with Gasteiger partial charge in [0.2, 0.25) is 0 Å². The van der Waals surface area contributed by atoms with Crippen LogP contribution in [0.1, 0.15) is 18.1 Å². The van der Waals surface area contributed by atoms with Gasteiger partial charge in [0.15, 0.2) is 0 Å². The predicted molar refractivity (Wildman–Crippen MR) is 71.5 cm³/mol. The van der Waals surface area contributed by atoms with Crippen molar-refractivity contribution < 1.29 is 0 Å². The first kappa shape index (κ1) is 10.7. The quantitative estimate of drug-likeness (QED) is 0.669. The number of alkyl halides is 1. The summed E-state index contributed by atoms with van der Waals surface area (Å²) < 4.78 is 2.66. The molecule has 0 radical (unpaired) electrons. The summed E-state index contributed by atoms with van der Waals surface area (Å²) in [4.78, 5) is 0. The zero-order valence-corrected chi connectivity index (χ0v) is 11.8. The minimum Gasteiger partial charge on any atom is -0.143 e. The van der Waals surface area contributed by atoms with Gasteiger partial charge in [0.25, 0.3) is 0 Å². The molecular formula is C11H10Br2S. The second-order valence-corrected chi connectivity index (χ2v) is 5.43. The maximum absolute atomic E-state index is 3.68. The van der Waals surface area contributed by atoms with Crippen LogP contribution < -0.4 is 0 Å². The van der Waals surface area contributed by atoms with Crippen LogP contribution in [0.3, 0.4) is 0 Å². The molecule has 1 heterocycles. The maximum atomic E-state index is 3.68. The molecule has 2 aromatic rings. The highest BCUT2D eigenvalue weighted by atomic mass is 79.9. The molecule has 0 saturated carbocycles. The van der Waals surface area contributed by atoms with Crippen LogP contribution >= 0.6 is 43.2 Å². The van der Waals surface area contributed by atoms with Crippen LogP contribution in [-0.2, 0) is 11.8 Å². The van der Waals surface area contributed by atoms with Crippen LogP contribution in [0.4, 0.5) is 0 Å². The first-order chi connectivity index (χ1) is 6.77.